The highest BCUT2D eigenvalue weighted by atomic mass is 32.1. The third-order valence-electron chi connectivity index (χ3n) is 3.45. The second-order valence-electron chi connectivity index (χ2n) is 5.17. The molecule has 0 radical (unpaired) electrons. The number of rotatable bonds is 5. The van der Waals surface area contributed by atoms with Crippen molar-refractivity contribution in [3.05, 3.63) is 22.4 Å². The number of nitrogens with zero attached hydrogens (tertiary/aromatic N) is 1. The quantitative estimate of drug-likeness (QED) is 0.888. The summed E-state index contributed by atoms with van der Waals surface area (Å²) in [7, 11) is 0. The highest BCUT2D eigenvalue weighted by molar-refractivity contribution is 7.10. The van der Waals surface area contributed by atoms with Gasteiger partial charge < -0.3 is 5.32 Å². The van der Waals surface area contributed by atoms with E-state index in [1.165, 1.54) is 17.7 Å². The van der Waals surface area contributed by atoms with E-state index in [1.54, 1.807) is 11.3 Å². The molecule has 1 aliphatic rings. The predicted octanol–water partition coefficient (Wildman–Crippen LogP) is 2.66. The standard InChI is InChI=1S/C14H22N2OS/c1-11(2)14(17)15-10-12(13-6-5-9-18-13)16-7-3-4-8-16/h5-6,9,11-12H,3-4,7-8,10H2,1-2H3,(H,15,17). The molecule has 1 unspecified atom stereocenters. The normalized spacial score (nSPS) is 18.2. The average Bonchev–Trinajstić information content (AvgIpc) is 3.01. The van der Waals surface area contributed by atoms with Gasteiger partial charge in [-0.15, -0.1) is 11.3 Å². The van der Waals surface area contributed by atoms with Gasteiger partial charge in [-0.25, -0.2) is 0 Å². The van der Waals surface area contributed by atoms with Crippen molar-refractivity contribution in [2.45, 2.75) is 32.7 Å². The van der Waals surface area contributed by atoms with Crippen LogP contribution in [0.2, 0.25) is 0 Å². The molecule has 2 rings (SSSR count). The van der Waals surface area contributed by atoms with E-state index < -0.39 is 0 Å². The lowest BCUT2D eigenvalue weighted by molar-refractivity contribution is -0.124. The summed E-state index contributed by atoms with van der Waals surface area (Å²) in [6.07, 6.45) is 2.56. The first-order chi connectivity index (χ1) is 8.68. The molecule has 3 nitrogen and oxygen atoms in total. The van der Waals surface area contributed by atoms with Crippen molar-refractivity contribution in [1.82, 2.24) is 10.2 Å². The van der Waals surface area contributed by atoms with Crippen LogP contribution < -0.4 is 5.32 Å². The third-order valence-corrected chi connectivity index (χ3v) is 4.42. The first-order valence-corrected chi connectivity index (χ1v) is 7.61. The Morgan fingerprint density at radius 2 is 2.17 bits per heavy atom. The van der Waals surface area contributed by atoms with Crippen LogP contribution in [0.3, 0.4) is 0 Å². The first kappa shape index (κ1) is 13.6. The minimum atomic E-state index is 0.0626. The van der Waals surface area contributed by atoms with E-state index in [4.69, 9.17) is 0 Å². The Hall–Kier alpha value is -0.870. The SMILES string of the molecule is CC(C)C(=O)NCC(c1cccs1)N1CCCC1. The maximum absolute atomic E-state index is 11.7. The first-order valence-electron chi connectivity index (χ1n) is 6.73. The van der Waals surface area contributed by atoms with Gasteiger partial charge in [0.25, 0.3) is 0 Å². The molecule has 1 N–H and O–H groups in total. The molecule has 1 aliphatic heterocycles. The molecule has 1 aromatic rings. The van der Waals surface area contributed by atoms with Gasteiger partial charge in [0, 0.05) is 17.3 Å². The van der Waals surface area contributed by atoms with Gasteiger partial charge >= 0.3 is 0 Å². The Balaban J connectivity index is 1.99. The third kappa shape index (κ3) is 3.33. The van der Waals surface area contributed by atoms with Crippen molar-refractivity contribution >= 4 is 17.2 Å². The maximum Gasteiger partial charge on any atom is 0.222 e. The van der Waals surface area contributed by atoms with E-state index in [2.05, 4.69) is 27.7 Å². The lowest BCUT2D eigenvalue weighted by Gasteiger charge is -2.27. The number of likely N-dealkylation sites (tertiary alicyclic amines) is 1. The topological polar surface area (TPSA) is 32.3 Å². The van der Waals surface area contributed by atoms with Crippen molar-refractivity contribution in [3.8, 4) is 0 Å². The number of carbonyl (C=O) groups excluding carboxylic acids is 1. The van der Waals surface area contributed by atoms with Gasteiger partial charge in [0.15, 0.2) is 0 Å². The highest BCUT2D eigenvalue weighted by Crippen LogP contribution is 2.27. The Bertz CT molecular complexity index is 369. The van der Waals surface area contributed by atoms with E-state index in [1.807, 2.05) is 13.8 Å². The van der Waals surface area contributed by atoms with Crippen molar-refractivity contribution in [2.24, 2.45) is 5.92 Å². The van der Waals surface area contributed by atoms with Crippen LogP contribution in [-0.4, -0.2) is 30.4 Å². The Kier molecular flexibility index (Phi) is 4.78. The second kappa shape index (κ2) is 6.34. The van der Waals surface area contributed by atoms with Crippen molar-refractivity contribution in [2.75, 3.05) is 19.6 Å². The lowest BCUT2D eigenvalue weighted by atomic mass is 10.1. The zero-order valence-electron chi connectivity index (χ0n) is 11.2. The number of carbonyl (C=O) groups is 1. The summed E-state index contributed by atoms with van der Waals surface area (Å²) in [4.78, 5) is 15.6. The summed E-state index contributed by atoms with van der Waals surface area (Å²) in [6.45, 7) is 6.91. The molecule has 1 amide bonds. The Morgan fingerprint density at radius 3 is 2.72 bits per heavy atom. The molecule has 2 heterocycles. The predicted molar refractivity (Wildman–Crippen MR) is 75.7 cm³/mol. The molecular weight excluding hydrogens is 244 g/mol. The van der Waals surface area contributed by atoms with Crippen LogP contribution in [0.25, 0.3) is 0 Å². The van der Waals surface area contributed by atoms with E-state index in [0.29, 0.717) is 6.04 Å². The van der Waals surface area contributed by atoms with E-state index in [0.717, 1.165) is 19.6 Å². The molecule has 1 saturated heterocycles. The molecule has 0 bridgehead atoms. The van der Waals surface area contributed by atoms with Crippen molar-refractivity contribution in [3.63, 3.8) is 0 Å². The van der Waals surface area contributed by atoms with Gasteiger partial charge in [0.2, 0.25) is 5.91 Å². The molecule has 18 heavy (non-hydrogen) atoms. The lowest BCUT2D eigenvalue weighted by Crippen LogP contribution is -2.37. The van der Waals surface area contributed by atoms with Crippen molar-refractivity contribution in [1.29, 1.82) is 0 Å². The zero-order chi connectivity index (χ0) is 13.0. The fraction of sp³-hybridized carbons (Fsp3) is 0.643. The smallest absolute Gasteiger partial charge is 0.222 e. The van der Waals surface area contributed by atoms with Crippen LogP contribution >= 0.6 is 11.3 Å². The minimum Gasteiger partial charge on any atom is -0.354 e. The molecular formula is C14H22N2OS. The minimum absolute atomic E-state index is 0.0626. The summed E-state index contributed by atoms with van der Waals surface area (Å²) in [5.74, 6) is 0.211. The van der Waals surface area contributed by atoms with Gasteiger partial charge in [-0.2, -0.15) is 0 Å². The second-order valence-corrected chi connectivity index (χ2v) is 6.15. The van der Waals surface area contributed by atoms with Crippen LogP contribution in [0.5, 0.6) is 0 Å². The molecule has 0 aliphatic carbocycles. The van der Waals surface area contributed by atoms with Crippen LogP contribution in [0, 0.1) is 5.92 Å². The number of thiophene rings is 1. The van der Waals surface area contributed by atoms with Gasteiger partial charge in [-0.1, -0.05) is 19.9 Å². The fourth-order valence-corrected chi connectivity index (χ4v) is 3.21. The number of nitrogens with one attached hydrogen (secondary N) is 1. The summed E-state index contributed by atoms with van der Waals surface area (Å²) >= 11 is 1.78. The highest BCUT2D eigenvalue weighted by Gasteiger charge is 2.24. The van der Waals surface area contributed by atoms with Gasteiger partial charge in [-0.3, -0.25) is 9.69 Å². The summed E-state index contributed by atoms with van der Waals surface area (Å²) in [5, 5.41) is 5.19. The van der Waals surface area contributed by atoms with E-state index in [-0.39, 0.29) is 11.8 Å². The number of amides is 1. The molecule has 100 valence electrons. The van der Waals surface area contributed by atoms with E-state index >= 15 is 0 Å². The van der Waals surface area contributed by atoms with Crippen LogP contribution in [0.1, 0.15) is 37.6 Å². The molecule has 0 aromatic carbocycles. The monoisotopic (exact) mass is 266 g/mol. The fourth-order valence-electron chi connectivity index (χ4n) is 2.35. The van der Waals surface area contributed by atoms with Gasteiger partial charge in [0.1, 0.15) is 0 Å². The molecule has 1 atom stereocenters. The summed E-state index contributed by atoms with van der Waals surface area (Å²) in [6, 6.07) is 4.62. The molecule has 1 fully saturated rings. The maximum atomic E-state index is 11.7. The number of hydrogen-bond donors (Lipinski definition) is 1. The Labute approximate surface area is 113 Å². The van der Waals surface area contributed by atoms with Crippen LogP contribution in [0.15, 0.2) is 17.5 Å². The van der Waals surface area contributed by atoms with Crippen LogP contribution in [-0.2, 0) is 4.79 Å². The zero-order valence-corrected chi connectivity index (χ0v) is 12.0. The Morgan fingerprint density at radius 1 is 1.44 bits per heavy atom. The summed E-state index contributed by atoms with van der Waals surface area (Å²) in [5.41, 5.74) is 0. The van der Waals surface area contributed by atoms with E-state index in [9.17, 15) is 4.79 Å². The molecule has 1 aromatic heterocycles. The molecule has 0 spiro atoms. The summed E-state index contributed by atoms with van der Waals surface area (Å²) < 4.78 is 0. The van der Waals surface area contributed by atoms with Gasteiger partial charge in [0.05, 0.1) is 6.04 Å². The molecule has 4 heteroatoms. The average molecular weight is 266 g/mol. The largest absolute Gasteiger partial charge is 0.354 e. The van der Waals surface area contributed by atoms with Crippen LogP contribution in [0.4, 0.5) is 0 Å². The molecule has 0 saturated carbocycles. The van der Waals surface area contributed by atoms with Gasteiger partial charge in [-0.05, 0) is 37.4 Å². The number of hydrogen-bond acceptors (Lipinski definition) is 3. The van der Waals surface area contributed by atoms with Crippen molar-refractivity contribution < 1.29 is 4.79 Å².